The first-order valence-electron chi connectivity index (χ1n) is 14.5. The molecule has 0 spiro atoms. The predicted molar refractivity (Wildman–Crippen MR) is 173 cm³/mol. The zero-order valence-electron chi connectivity index (χ0n) is 25.2. The Labute approximate surface area is 278 Å². The minimum Gasteiger partial charge on any atom is -0.748 e. The van der Waals surface area contributed by atoms with Crippen molar-refractivity contribution in [3.63, 3.8) is 0 Å². The van der Waals surface area contributed by atoms with Crippen LogP contribution in [-0.2, 0) is 33.0 Å². The molecule has 1 unspecified atom stereocenters. The number of halogens is 4. The monoisotopic (exact) mass is 732 g/mol. The van der Waals surface area contributed by atoms with Crippen molar-refractivity contribution in [2.24, 2.45) is 0 Å². The van der Waals surface area contributed by atoms with E-state index in [9.17, 15) is 39.1 Å². The van der Waals surface area contributed by atoms with Crippen LogP contribution in [0.2, 0.25) is 5.02 Å². The second-order valence-corrected chi connectivity index (χ2v) is 15.8. The van der Waals surface area contributed by atoms with E-state index in [4.69, 9.17) is 16.0 Å². The molecular weight excluding hydrogens is 703 g/mol. The molecule has 0 saturated heterocycles. The van der Waals surface area contributed by atoms with Gasteiger partial charge in [-0.05, 0) is 63.1 Å². The Balaban J connectivity index is 1.56. The third kappa shape index (κ3) is 7.62. The Morgan fingerprint density at radius 2 is 1.81 bits per heavy atom. The highest BCUT2D eigenvalue weighted by Gasteiger charge is 2.38. The average Bonchev–Trinajstić information content (AvgIpc) is 3.65. The topological polar surface area (TPSA) is 138 Å². The van der Waals surface area contributed by atoms with Crippen molar-refractivity contribution in [1.82, 2.24) is 0 Å². The second-order valence-electron chi connectivity index (χ2n) is 11.0. The Morgan fingerprint density at radius 3 is 2.47 bits per heavy atom. The quantitative estimate of drug-likeness (QED) is 0.0913. The van der Waals surface area contributed by atoms with E-state index in [0.29, 0.717) is 28.6 Å². The maximum absolute atomic E-state index is 13.8. The molecule has 0 fully saturated rings. The van der Waals surface area contributed by atoms with Crippen LogP contribution in [0.3, 0.4) is 0 Å². The van der Waals surface area contributed by atoms with E-state index >= 15 is 0 Å². The highest BCUT2D eigenvalue weighted by Crippen LogP contribution is 2.47. The lowest BCUT2D eigenvalue weighted by Crippen LogP contribution is -2.37. The van der Waals surface area contributed by atoms with Gasteiger partial charge in [0, 0.05) is 31.3 Å². The summed E-state index contributed by atoms with van der Waals surface area (Å²) in [5.74, 6) is -0.0872. The van der Waals surface area contributed by atoms with Gasteiger partial charge in [0.05, 0.1) is 59.1 Å². The van der Waals surface area contributed by atoms with E-state index in [1.807, 2.05) is 23.6 Å². The van der Waals surface area contributed by atoms with E-state index in [0.717, 1.165) is 21.7 Å². The number of thiazole rings is 1. The van der Waals surface area contributed by atoms with Crippen molar-refractivity contribution in [3.05, 3.63) is 70.2 Å². The summed E-state index contributed by atoms with van der Waals surface area (Å²) >= 11 is 7.50. The number of benzene rings is 2. The van der Waals surface area contributed by atoms with E-state index in [-0.39, 0.29) is 38.0 Å². The maximum atomic E-state index is 13.8. The first kappa shape index (κ1) is 35.2. The lowest BCUT2D eigenvalue weighted by atomic mass is 10.1. The highest BCUT2D eigenvalue weighted by atomic mass is 35.5. The van der Waals surface area contributed by atoms with Crippen molar-refractivity contribution in [3.8, 4) is 0 Å². The minimum atomic E-state index is -4.71. The first-order valence-corrected chi connectivity index (χ1v) is 18.8. The van der Waals surface area contributed by atoms with Crippen LogP contribution in [0.15, 0.2) is 59.0 Å². The maximum Gasteiger partial charge on any atom is 0.417 e. The molecule has 10 nitrogen and oxygen atoms in total. The number of aromatic nitrogens is 1. The van der Waals surface area contributed by atoms with Gasteiger partial charge in [0.1, 0.15) is 16.1 Å². The van der Waals surface area contributed by atoms with Crippen molar-refractivity contribution in [2.75, 3.05) is 28.6 Å². The number of rotatable bonds is 12. The number of unbranched alkanes of at least 4 members (excludes halogenated alkanes) is 1. The number of hydrogen-bond donors (Lipinski definition) is 0. The fourth-order valence-electron chi connectivity index (χ4n) is 5.55. The van der Waals surface area contributed by atoms with Crippen molar-refractivity contribution in [2.45, 2.75) is 51.1 Å². The summed E-state index contributed by atoms with van der Waals surface area (Å²) in [6.45, 7) is 3.88. The van der Waals surface area contributed by atoms with Gasteiger partial charge < -0.3 is 23.3 Å². The molecule has 0 aliphatic carbocycles. The Morgan fingerprint density at radius 1 is 1.09 bits per heavy atom. The highest BCUT2D eigenvalue weighted by molar-refractivity contribution is 7.86. The van der Waals surface area contributed by atoms with Crippen LogP contribution in [0, 0.1) is 0 Å². The van der Waals surface area contributed by atoms with Gasteiger partial charge in [0.15, 0.2) is 6.54 Å². The molecule has 17 heteroatoms. The number of fused-ring (bicyclic) bond motifs is 4. The normalized spacial score (nSPS) is 16.0. The molecule has 2 aromatic carbocycles. The fraction of sp³-hybridized carbons (Fsp3) is 0.367. The van der Waals surface area contributed by atoms with E-state index in [1.54, 1.807) is 40.4 Å². The Kier molecular flexibility index (Phi) is 10.0. The lowest BCUT2D eigenvalue weighted by Gasteiger charge is -2.24. The third-order valence-corrected chi connectivity index (χ3v) is 11.3. The molecule has 1 aliphatic heterocycles. The van der Waals surface area contributed by atoms with Crippen molar-refractivity contribution < 1.29 is 48.1 Å². The van der Waals surface area contributed by atoms with Gasteiger partial charge in [-0.3, -0.25) is 0 Å². The van der Waals surface area contributed by atoms with Crippen LogP contribution in [0.25, 0.3) is 27.3 Å². The summed E-state index contributed by atoms with van der Waals surface area (Å²) in [7, 11) is -8.96. The van der Waals surface area contributed by atoms with Gasteiger partial charge >= 0.3 is 6.18 Å². The number of furan rings is 1. The molecule has 5 rings (SSSR count). The summed E-state index contributed by atoms with van der Waals surface area (Å²) in [5.41, 5.74) is 1.10. The lowest BCUT2D eigenvalue weighted by molar-refractivity contribution is -0.668. The number of alkyl halides is 3. The summed E-state index contributed by atoms with van der Waals surface area (Å²) in [6, 6.07) is 7.73. The van der Waals surface area contributed by atoms with Gasteiger partial charge in [-0.25, -0.2) is 16.8 Å². The Hall–Kier alpha value is -3.15. The van der Waals surface area contributed by atoms with Crippen LogP contribution >= 0.6 is 22.9 Å². The molecule has 4 aromatic rings. The standard InChI is InChI=1S/C30H31ClF3N3O7S3/c1-3-35-24-18-22(31)21(30(32,33)34)17-23(24)36(13-4-5-16-46(38,39)40)27(35)7-6-8-28-37(14-11-19(2)47(41,42)43)29-20-12-15-44-25(20)9-10-26(29)45-28/h6-10,12,15,17-19H,3-5,11,13-14,16H2,1-2H3,(H-,38,39,40,41,42,43)/p-1. The Bertz CT molecular complexity index is 2090. The smallest absolute Gasteiger partial charge is 0.417 e. The minimum absolute atomic E-state index is 0.0222. The van der Waals surface area contributed by atoms with Crippen LogP contribution in [0.4, 0.5) is 24.5 Å². The summed E-state index contributed by atoms with van der Waals surface area (Å²) < 4.78 is 118. The van der Waals surface area contributed by atoms with Crippen molar-refractivity contribution in [1.29, 1.82) is 0 Å². The van der Waals surface area contributed by atoms with Gasteiger partial charge in [0.25, 0.3) is 5.01 Å². The van der Waals surface area contributed by atoms with E-state index in [2.05, 4.69) is 0 Å². The van der Waals surface area contributed by atoms with Crippen LogP contribution in [0.5, 0.6) is 0 Å². The molecule has 2 aromatic heterocycles. The van der Waals surface area contributed by atoms with E-state index < -0.39 is 48.0 Å². The zero-order chi connectivity index (χ0) is 34.3. The molecule has 0 N–H and O–H groups in total. The molecule has 0 saturated carbocycles. The zero-order valence-corrected chi connectivity index (χ0v) is 28.4. The van der Waals surface area contributed by atoms with Gasteiger partial charge in [0.2, 0.25) is 5.52 Å². The van der Waals surface area contributed by atoms with Crippen LogP contribution in [0.1, 0.15) is 43.7 Å². The molecule has 3 heterocycles. The molecule has 1 aliphatic rings. The second kappa shape index (κ2) is 13.4. The number of anilines is 2. The summed E-state index contributed by atoms with van der Waals surface area (Å²) in [6.07, 6.45) is 2.34. The van der Waals surface area contributed by atoms with E-state index in [1.165, 1.54) is 24.3 Å². The molecule has 47 heavy (non-hydrogen) atoms. The third-order valence-electron chi connectivity index (χ3n) is 7.90. The van der Waals surface area contributed by atoms with Gasteiger partial charge in [-0.1, -0.05) is 29.0 Å². The average molecular weight is 733 g/mol. The van der Waals surface area contributed by atoms with Gasteiger partial charge in [-0.15, -0.1) is 0 Å². The van der Waals surface area contributed by atoms with Crippen LogP contribution < -0.4 is 14.4 Å². The first-order chi connectivity index (χ1) is 22.0. The SMILES string of the molecule is CCN1/C(=C\C=C\c2sc3ccc4occc4c3[n+]2CCC(C)S(=O)(=O)[O-])N(CCCCS(=O)(=O)[O-])c2cc(C(F)(F)F)c(Cl)cc21. The fourth-order valence-corrected chi connectivity index (χ4v) is 7.89. The number of aryl methyl sites for hydroxylation is 1. The number of allylic oxidation sites excluding steroid dienone is 2. The molecule has 254 valence electrons. The number of nitrogens with zero attached hydrogens (tertiary/aromatic N) is 3. The number of hydrogen-bond acceptors (Lipinski definition) is 10. The summed E-state index contributed by atoms with van der Waals surface area (Å²) in [4.78, 5) is 3.42. The molecule has 0 bridgehead atoms. The molecule has 1 atom stereocenters. The van der Waals surface area contributed by atoms with Gasteiger partial charge in [-0.2, -0.15) is 17.7 Å². The predicted octanol–water partition coefficient (Wildman–Crippen LogP) is 6.46. The van der Waals surface area contributed by atoms with Crippen molar-refractivity contribution >= 4 is 81.8 Å². The largest absolute Gasteiger partial charge is 0.748 e. The molecule has 0 amide bonds. The molecule has 0 radical (unpaired) electrons. The molecular formula is C30H30ClF3N3O7S3-. The summed E-state index contributed by atoms with van der Waals surface area (Å²) in [5, 5.41) is -0.0631. The van der Waals surface area contributed by atoms with Crippen LogP contribution in [-0.4, -0.2) is 50.0 Å².